The molecule has 0 aromatic heterocycles. The molecule has 0 spiro atoms. The smallest absolute Gasteiger partial charge is 0.335 e. The van der Waals surface area contributed by atoms with Crippen molar-refractivity contribution >= 4 is 11.9 Å². The number of carboxylic acids is 2. The molecule has 7 heteroatoms. The van der Waals surface area contributed by atoms with Gasteiger partial charge in [-0.1, -0.05) is 5.18 Å². The summed E-state index contributed by atoms with van der Waals surface area (Å²) in [4.78, 5) is 29.5. The van der Waals surface area contributed by atoms with Gasteiger partial charge in [-0.25, -0.2) is 9.59 Å². The molecule has 0 saturated heterocycles. The number of hydrogen-bond acceptors (Lipinski definition) is 5. The van der Waals surface area contributed by atoms with Crippen molar-refractivity contribution < 1.29 is 24.9 Å². The molecular formula is C4H5NO6. The monoisotopic (exact) mass is 163 g/mol. The minimum absolute atomic E-state index is 1.77. The first-order valence-corrected chi connectivity index (χ1v) is 2.47. The van der Waals surface area contributed by atoms with E-state index < -0.39 is 24.1 Å². The molecule has 0 aliphatic carbocycles. The zero-order valence-electron chi connectivity index (χ0n) is 5.17. The fraction of sp³-hybridized carbons (Fsp3) is 0.500. The summed E-state index contributed by atoms with van der Waals surface area (Å²) in [5.41, 5.74) is 0. The second kappa shape index (κ2) is 3.62. The fourth-order valence-corrected chi connectivity index (χ4v) is 0.373. The van der Waals surface area contributed by atoms with Crippen molar-refractivity contribution in [3.63, 3.8) is 0 Å². The number of aliphatic carboxylic acids is 2. The van der Waals surface area contributed by atoms with Gasteiger partial charge in [-0.15, -0.1) is 4.91 Å². The molecule has 11 heavy (non-hydrogen) atoms. The molecule has 3 N–H and O–H groups in total. The summed E-state index contributed by atoms with van der Waals surface area (Å²) in [5, 5.41) is 26.5. The Balaban J connectivity index is 4.37. The average molecular weight is 163 g/mol. The predicted molar refractivity (Wildman–Crippen MR) is 30.9 cm³/mol. The van der Waals surface area contributed by atoms with Crippen LogP contribution in [-0.2, 0) is 9.59 Å². The highest BCUT2D eigenvalue weighted by molar-refractivity contribution is 5.84. The van der Waals surface area contributed by atoms with Crippen LogP contribution in [0, 0.1) is 4.91 Å². The maximum Gasteiger partial charge on any atom is 0.335 e. The quantitative estimate of drug-likeness (QED) is 0.440. The number of carboxylic acid groups (broad SMARTS) is 2. The molecule has 0 fully saturated rings. The Kier molecular flexibility index (Phi) is 3.12. The number of carbonyl (C=O) groups is 2. The summed E-state index contributed by atoms with van der Waals surface area (Å²) < 4.78 is 0. The maximum absolute atomic E-state index is 9.96. The molecule has 7 nitrogen and oxygen atoms in total. The molecule has 0 bridgehead atoms. The Labute approximate surface area is 60.2 Å². The van der Waals surface area contributed by atoms with Crippen LogP contribution in [0.2, 0.25) is 0 Å². The van der Waals surface area contributed by atoms with Crippen molar-refractivity contribution in [3.05, 3.63) is 4.91 Å². The van der Waals surface area contributed by atoms with Crippen LogP contribution in [0.15, 0.2) is 5.18 Å². The van der Waals surface area contributed by atoms with E-state index in [0.29, 0.717) is 0 Å². The summed E-state index contributed by atoms with van der Waals surface area (Å²) in [6, 6.07) is -2.15. The molecule has 0 aromatic carbocycles. The van der Waals surface area contributed by atoms with E-state index in [0.717, 1.165) is 0 Å². The minimum atomic E-state index is -2.29. The number of aliphatic hydroxyl groups is 1. The molecule has 0 radical (unpaired) electrons. The average Bonchev–Trinajstić information content (AvgIpc) is 1.88. The van der Waals surface area contributed by atoms with E-state index in [-0.39, 0.29) is 0 Å². The van der Waals surface area contributed by atoms with E-state index >= 15 is 0 Å². The zero-order chi connectivity index (χ0) is 9.02. The van der Waals surface area contributed by atoms with E-state index in [4.69, 9.17) is 15.3 Å². The summed E-state index contributed by atoms with van der Waals surface area (Å²) in [7, 11) is 0. The second-order valence-electron chi connectivity index (χ2n) is 1.67. The highest BCUT2D eigenvalue weighted by Gasteiger charge is 2.33. The first-order valence-electron chi connectivity index (χ1n) is 2.47. The van der Waals surface area contributed by atoms with Gasteiger partial charge in [0, 0.05) is 0 Å². The van der Waals surface area contributed by atoms with Gasteiger partial charge >= 0.3 is 11.9 Å². The molecule has 0 aliphatic rings. The number of aliphatic hydroxyl groups excluding tert-OH is 1. The first kappa shape index (κ1) is 9.50. The Morgan fingerprint density at radius 2 is 1.64 bits per heavy atom. The molecule has 2 atom stereocenters. The minimum Gasteiger partial charge on any atom is -0.479 e. The highest BCUT2D eigenvalue weighted by atomic mass is 16.4. The van der Waals surface area contributed by atoms with Crippen molar-refractivity contribution in [1.82, 2.24) is 0 Å². The Morgan fingerprint density at radius 1 is 1.18 bits per heavy atom. The summed E-state index contributed by atoms with van der Waals surface area (Å²) in [6.45, 7) is 0. The number of rotatable bonds is 4. The van der Waals surface area contributed by atoms with E-state index in [1.807, 2.05) is 5.18 Å². The van der Waals surface area contributed by atoms with Crippen molar-refractivity contribution in [3.8, 4) is 0 Å². The van der Waals surface area contributed by atoms with Crippen LogP contribution in [0.25, 0.3) is 0 Å². The summed E-state index contributed by atoms with van der Waals surface area (Å²) in [5.74, 6) is -3.56. The van der Waals surface area contributed by atoms with Crippen LogP contribution < -0.4 is 0 Å². The number of hydrogen-bond donors (Lipinski definition) is 3. The fourth-order valence-electron chi connectivity index (χ4n) is 0.373. The van der Waals surface area contributed by atoms with Gasteiger partial charge in [-0.3, -0.25) is 0 Å². The largest absolute Gasteiger partial charge is 0.479 e. The third-order valence-corrected chi connectivity index (χ3v) is 0.919. The van der Waals surface area contributed by atoms with Crippen LogP contribution in [0.3, 0.4) is 0 Å². The van der Waals surface area contributed by atoms with Crippen LogP contribution in [0.4, 0.5) is 0 Å². The SMILES string of the molecule is O=N[C@H](C(=O)O)[C@H](O)C(=O)O. The van der Waals surface area contributed by atoms with Crippen molar-refractivity contribution in [2.75, 3.05) is 0 Å². The molecule has 0 amide bonds. The van der Waals surface area contributed by atoms with Crippen molar-refractivity contribution in [1.29, 1.82) is 0 Å². The lowest BCUT2D eigenvalue weighted by atomic mass is 10.2. The standard InChI is InChI=1S/C4H5NO6/c6-2(4(9)10)1(5-11)3(7)8/h1-2,6H,(H,7,8)(H,9,10)/t1-,2-/m0/s1. The summed E-state index contributed by atoms with van der Waals surface area (Å²) >= 11 is 0. The van der Waals surface area contributed by atoms with Gasteiger partial charge in [0.2, 0.25) is 6.04 Å². The zero-order valence-corrected chi connectivity index (χ0v) is 5.17. The second-order valence-corrected chi connectivity index (χ2v) is 1.67. The lowest BCUT2D eigenvalue weighted by molar-refractivity contribution is -0.154. The summed E-state index contributed by atoms with van der Waals surface area (Å²) in [6.07, 6.45) is -2.29. The van der Waals surface area contributed by atoms with Gasteiger partial charge in [0.25, 0.3) is 0 Å². The van der Waals surface area contributed by atoms with E-state index in [2.05, 4.69) is 0 Å². The lowest BCUT2D eigenvalue weighted by Crippen LogP contribution is -2.37. The molecule has 62 valence electrons. The molecule has 0 heterocycles. The third kappa shape index (κ3) is 2.30. The van der Waals surface area contributed by atoms with Crippen molar-refractivity contribution in [2.45, 2.75) is 12.1 Å². The highest BCUT2D eigenvalue weighted by Crippen LogP contribution is 1.98. The third-order valence-electron chi connectivity index (χ3n) is 0.919. The van der Waals surface area contributed by atoms with Gasteiger partial charge in [0.15, 0.2) is 6.10 Å². The van der Waals surface area contributed by atoms with Crippen LogP contribution >= 0.6 is 0 Å². The lowest BCUT2D eigenvalue weighted by Gasteiger charge is -2.05. The molecule has 0 unspecified atom stereocenters. The van der Waals surface area contributed by atoms with Crippen LogP contribution in [-0.4, -0.2) is 39.4 Å². The molecule has 0 saturated carbocycles. The van der Waals surface area contributed by atoms with E-state index in [9.17, 15) is 14.5 Å². The number of nitroso groups, excluding NO2 is 1. The predicted octanol–water partition coefficient (Wildman–Crippen LogP) is -1.35. The number of nitrogens with zero attached hydrogens (tertiary/aromatic N) is 1. The van der Waals surface area contributed by atoms with Gasteiger partial charge in [-0.05, 0) is 0 Å². The Hall–Kier alpha value is -1.50. The van der Waals surface area contributed by atoms with Gasteiger partial charge in [-0.2, -0.15) is 0 Å². The normalized spacial score (nSPS) is 15.0. The van der Waals surface area contributed by atoms with Crippen molar-refractivity contribution in [2.24, 2.45) is 5.18 Å². The molecule has 0 aromatic rings. The van der Waals surface area contributed by atoms with Crippen LogP contribution in [0.1, 0.15) is 0 Å². The topological polar surface area (TPSA) is 124 Å². The Bertz CT molecular complexity index is 189. The molecule has 0 aliphatic heterocycles. The van der Waals surface area contributed by atoms with Gasteiger partial charge in [0.05, 0.1) is 0 Å². The first-order chi connectivity index (χ1) is 5.00. The molecule has 0 rings (SSSR count). The van der Waals surface area contributed by atoms with Gasteiger partial charge < -0.3 is 15.3 Å². The van der Waals surface area contributed by atoms with E-state index in [1.54, 1.807) is 0 Å². The van der Waals surface area contributed by atoms with E-state index in [1.165, 1.54) is 0 Å². The van der Waals surface area contributed by atoms with Gasteiger partial charge in [0.1, 0.15) is 0 Å². The van der Waals surface area contributed by atoms with Crippen LogP contribution in [0.5, 0.6) is 0 Å². The molecular weight excluding hydrogens is 158 g/mol. The maximum atomic E-state index is 9.96. The Morgan fingerprint density at radius 3 is 1.73 bits per heavy atom.